The molecule has 0 aliphatic carbocycles. The van der Waals surface area contributed by atoms with Crippen molar-refractivity contribution < 1.29 is 4.42 Å². The van der Waals surface area contributed by atoms with Gasteiger partial charge >= 0.3 is 0 Å². The van der Waals surface area contributed by atoms with E-state index >= 15 is 0 Å². The lowest BCUT2D eigenvalue weighted by Crippen LogP contribution is -2.01. The van der Waals surface area contributed by atoms with E-state index in [1.54, 1.807) is 0 Å². The number of furan rings is 1. The Labute approximate surface area is 221 Å². The highest BCUT2D eigenvalue weighted by molar-refractivity contribution is 6.11. The number of pyridine rings is 1. The predicted molar refractivity (Wildman–Crippen MR) is 156 cm³/mol. The first-order valence-corrected chi connectivity index (χ1v) is 13.0. The Morgan fingerprint density at radius 3 is 2.32 bits per heavy atom. The second-order valence-electron chi connectivity index (χ2n) is 10.2. The third-order valence-electron chi connectivity index (χ3n) is 7.41. The van der Waals surface area contributed by atoms with E-state index < -0.39 is 0 Å². The Bertz CT molecular complexity index is 1940. The summed E-state index contributed by atoms with van der Waals surface area (Å²) in [5, 5.41) is 2.26. The highest BCUT2D eigenvalue weighted by atomic mass is 16.3. The molecule has 3 heterocycles. The molecule has 0 bridgehead atoms. The summed E-state index contributed by atoms with van der Waals surface area (Å²) in [6.45, 7) is 6.54. The van der Waals surface area contributed by atoms with Crippen molar-refractivity contribution in [3.63, 3.8) is 0 Å². The minimum absolute atomic E-state index is 0.294. The molecule has 0 N–H and O–H groups in total. The zero-order valence-corrected chi connectivity index (χ0v) is 21.6. The van der Waals surface area contributed by atoms with Crippen LogP contribution in [-0.4, -0.2) is 14.5 Å². The molecule has 0 atom stereocenters. The Balaban J connectivity index is 1.53. The van der Waals surface area contributed by atoms with Gasteiger partial charge in [-0.15, -0.1) is 0 Å². The molecule has 7 rings (SSSR count). The Kier molecular flexibility index (Phi) is 5.15. The predicted octanol–water partition coefficient (Wildman–Crippen LogP) is 9.09. The molecule has 4 nitrogen and oxygen atoms in total. The molecule has 0 fully saturated rings. The SMILES string of the molecule is Cc1cccc2oc3c(-c4nc5cncc(C(C)C)c5n4-c4ccc(-c5ccccc5)cc4)cccc3c12. The van der Waals surface area contributed by atoms with Crippen molar-refractivity contribution in [2.75, 3.05) is 0 Å². The molecule has 0 amide bonds. The van der Waals surface area contributed by atoms with E-state index in [4.69, 9.17) is 9.40 Å². The summed E-state index contributed by atoms with van der Waals surface area (Å²) >= 11 is 0. The molecule has 4 aromatic carbocycles. The molecule has 38 heavy (non-hydrogen) atoms. The minimum atomic E-state index is 0.294. The average molecular weight is 494 g/mol. The first-order valence-electron chi connectivity index (χ1n) is 13.0. The number of fused-ring (bicyclic) bond motifs is 4. The van der Waals surface area contributed by atoms with Gasteiger partial charge in [0, 0.05) is 22.7 Å². The summed E-state index contributed by atoms with van der Waals surface area (Å²) in [5.74, 6) is 1.15. The van der Waals surface area contributed by atoms with Crippen LogP contribution in [0.25, 0.3) is 61.2 Å². The number of para-hydroxylation sites is 1. The molecule has 0 aliphatic heterocycles. The van der Waals surface area contributed by atoms with Gasteiger partial charge in [0.2, 0.25) is 0 Å². The van der Waals surface area contributed by atoms with Crippen molar-refractivity contribution >= 4 is 33.0 Å². The van der Waals surface area contributed by atoms with Crippen molar-refractivity contribution in [3.8, 4) is 28.2 Å². The Morgan fingerprint density at radius 2 is 1.53 bits per heavy atom. The molecule has 0 radical (unpaired) electrons. The Hall–Kier alpha value is -4.70. The van der Waals surface area contributed by atoms with Gasteiger partial charge in [0.05, 0.1) is 17.3 Å². The number of rotatable bonds is 4. The zero-order chi connectivity index (χ0) is 25.8. The van der Waals surface area contributed by atoms with Crippen LogP contribution < -0.4 is 0 Å². The molecule has 4 heteroatoms. The van der Waals surface area contributed by atoms with E-state index in [0.717, 1.165) is 50.0 Å². The summed E-state index contributed by atoms with van der Waals surface area (Å²) in [6.07, 6.45) is 3.83. The summed E-state index contributed by atoms with van der Waals surface area (Å²) in [4.78, 5) is 9.71. The van der Waals surface area contributed by atoms with Gasteiger partial charge in [-0.1, -0.05) is 80.6 Å². The van der Waals surface area contributed by atoms with Crippen LogP contribution in [0.4, 0.5) is 0 Å². The summed E-state index contributed by atoms with van der Waals surface area (Å²) < 4.78 is 8.77. The van der Waals surface area contributed by atoms with Gasteiger partial charge in [-0.3, -0.25) is 9.55 Å². The number of imidazole rings is 1. The number of aryl methyl sites for hydroxylation is 1. The van der Waals surface area contributed by atoms with Gasteiger partial charge in [-0.05, 0) is 59.4 Å². The summed E-state index contributed by atoms with van der Waals surface area (Å²) in [5.41, 5.74) is 10.5. The van der Waals surface area contributed by atoms with Gasteiger partial charge in [0.25, 0.3) is 0 Å². The second kappa shape index (κ2) is 8.70. The van der Waals surface area contributed by atoms with Gasteiger partial charge in [0.15, 0.2) is 0 Å². The van der Waals surface area contributed by atoms with Crippen LogP contribution in [-0.2, 0) is 0 Å². The van der Waals surface area contributed by atoms with Crippen LogP contribution in [0.3, 0.4) is 0 Å². The molecule has 0 aliphatic rings. The molecular weight excluding hydrogens is 466 g/mol. The molecule has 0 unspecified atom stereocenters. The van der Waals surface area contributed by atoms with Crippen LogP contribution >= 0.6 is 0 Å². The molecule has 3 aromatic heterocycles. The number of hydrogen-bond donors (Lipinski definition) is 0. The number of nitrogens with zero attached hydrogens (tertiary/aromatic N) is 3. The topological polar surface area (TPSA) is 43.9 Å². The quantitative estimate of drug-likeness (QED) is 0.246. The fourth-order valence-corrected chi connectivity index (χ4v) is 5.54. The van der Waals surface area contributed by atoms with E-state index in [-0.39, 0.29) is 0 Å². The van der Waals surface area contributed by atoms with Crippen LogP contribution in [0.2, 0.25) is 0 Å². The van der Waals surface area contributed by atoms with Crippen molar-refractivity contribution in [2.45, 2.75) is 26.7 Å². The highest BCUT2D eigenvalue weighted by Crippen LogP contribution is 2.40. The van der Waals surface area contributed by atoms with Crippen LogP contribution in [0.5, 0.6) is 0 Å². The normalized spacial score (nSPS) is 11.8. The molecule has 7 aromatic rings. The summed E-state index contributed by atoms with van der Waals surface area (Å²) in [7, 11) is 0. The lowest BCUT2D eigenvalue weighted by Gasteiger charge is -2.14. The maximum absolute atomic E-state index is 6.49. The first kappa shape index (κ1) is 22.5. The van der Waals surface area contributed by atoms with Crippen molar-refractivity contribution in [2.24, 2.45) is 0 Å². The smallest absolute Gasteiger partial charge is 0.149 e. The molecule has 0 saturated carbocycles. The largest absolute Gasteiger partial charge is 0.455 e. The average Bonchev–Trinajstić information content (AvgIpc) is 3.53. The molecule has 0 saturated heterocycles. The first-order chi connectivity index (χ1) is 18.6. The van der Waals surface area contributed by atoms with E-state index in [0.29, 0.717) is 5.92 Å². The zero-order valence-electron chi connectivity index (χ0n) is 21.6. The van der Waals surface area contributed by atoms with Crippen LogP contribution in [0.1, 0.15) is 30.9 Å². The second-order valence-corrected chi connectivity index (χ2v) is 10.2. The van der Waals surface area contributed by atoms with E-state index in [1.165, 1.54) is 22.3 Å². The highest BCUT2D eigenvalue weighted by Gasteiger charge is 2.22. The van der Waals surface area contributed by atoms with Crippen molar-refractivity contribution in [1.29, 1.82) is 0 Å². The number of benzene rings is 4. The maximum Gasteiger partial charge on any atom is 0.149 e. The Morgan fingerprint density at radius 1 is 0.763 bits per heavy atom. The minimum Gasteiger partial charge on any atom is -0.455 e. The molecule has 0 spiro atoms. The fourth-order valence-electron chi connectivity index (χ4n) is 5.54. The van der Waals surface area contributed by atoms with Gasteiger partial charge < -0.3 is 4.42 Å². The van der Waals surface area contributed by atoms with Crippen molar-refractivity contribution in [3.05, 3.63) is 115 Å². The maximum atomic E-state index is 6.49. The van der Waals surface area contributed by atoms with E-state index in [1.807, 2.05) is 30.6 Å². The van der Waals surface area contributed by atoms with Gasteiger partial charge in [-0.25, -0.2) is 4.98 Å². The van der Waals surface area contributed by atoms with Crippen LogP contribution in [0.15, 0.2) is 108 Å². The lowest BCUT2D eigenvalue weighted by atomic mass is 10.0. The van der Waals surface area contributed by atoms with E-state index in [9.17, 15) is 0 Å². The number of hydrogen-bond acceptors (Lipinski definition) is 3. The number of aromatic nitrogens is 3. The monoisotopic (exact) mass is 493 g/mol. The van der Waals surface area contributed by atoms with Gasteiger partial charge in [-0.2, -0.15) is 0 Å². The third kappa shape index (κ3) is 3.45. The molecule has 184 valence electrons. The van der Waals surface area contributed by atoms with E-state index in [2.05, 4.69) is 103 Å². The van der Waals surface area contributed by atoms with Crippen molar-refractivity contribution in [1.82, 2.24) is 14.5 Å². The van der Waals surface area contributed by atoms with Gasteiger partial charge in [0.1, 0.15) is 22.5 Å². The van der Waals surface area contributed by atoms with Crippen LogP contribution in [0, 0.1) is 6.92 Å². The summed E-state index contributed by atoms with van der Waals surface area (Å²) in [6, 6.07) is 31.8. The molecular formula is C34H27N3O. The lowest BCUT2D eigenvalue weighted by molar-refractivity contribution is 0.669. The standard InChI is InChI=1S/C34H27N3O/c1-21(2)28-19-35-20-29-32(28)37(25-17-15-24(16-18-25)23-10-5-4-6-11-23)34(36-29)27-13-8-12-26-31-22(3)9-7-14-30(31)38-33(26)27/h4-21H,1-3H3. The third-order valence-corrected chi connectivity index (χ3v) is 7.41. The fraction of sp³-hybridized carbons (Fsp3) is 0.118.